The fraction of sp³-hybridized carbons (Fsp3) is 0.0870. The third-order valence-electron chi connectivity index (χ3n) is 4.37. The van der Waals surface area contributed by atoms with E-state index >= 15 is 0 Å². The van der Waals surface area contributed by atoms with Gasteiger partial charge in [0.05, 0.1) is 12.2 Å². The number of amides is 1. The minimum Gasteiger partial charge on any atom is -0.364 e. The van der Waals surface area contributed by atoms with Crippen LogP contribution >= 0.6 is 0 Å². The van der Waals surface area contributed by atoms with Gasteiger partial charge in [0.1, 0.15) is 11.5 Å². The topological polar surface area (TPSA) is 92.7 Å². The maximum atomic E-state index is 12.8. The van der Waals surface area contributed by atoms with Crippen LogP contribution in [0.15, 0.2) is 85.3 Å². The summed E-state index contributed by atoms with van der Waals surface area (Å²) in [5.41, 5.74) is 2.97. The summed E-state index contributed by atoms with van der Waals surface area (Å²) in [5.74, 6) is 0.770. The molecule has 0 fully saturated rings. The van der Waals surface area contributed by atoms with Gasteiger partial charge in [-0.15, -0.1) is 0 Å². The second-order valence-electron chi connectivity index (χ2n) is 6.54. The van der Waals surface area contributed by atoms with E-state index in [9.17, 15) is 4.79 Å². The van der Waals surface area contributed by atoms with E-state index < -0.39 is 0 Å². The van der Waals surface area contributed by atoms with Crippen molar-refractivity contribution in [3.05, 3.63) is 102 Å². The first kappa shape index (κ1) is 19.2. The molecule has 4 rings (SSSR count). The van der Waals surface area contributed by atoms with Crippen LogP contribution in [0.3, 0.4) is 0 Å². The lowest BCUT2D eigenvalue weighted by Crippen LogP contribution is -2.24. The number of anilines is 1. The second kappa shape index (κ2) is 9.38. The number of carbonyl (C=O) groups is 1. The van der Waals surface area contributed by atoms with Crippen molar-refractivity contribution < 1.29 is 4.79 Å². The van der Waals surface area contributed by atoms with Crippen molar-refractivity contribution >= 4 is 11.7 Å². The Balaban J connectivity index is 1.57. The van der Waals surface area contributed by atoms with Crippen LogP contribution < -0.4 is 10.6 Å². The Labute approximate surface area is 174 Å². The lowest BCUT2D eigenvalue weighted by molar-refractivity contribution is 0.0946. The number of benzene rings is 1. The van der Waals surface area contributed by atoms with Gasteiger partial charge in [-0.3, -0.25) is 14.8 Å². The fourth-order valence-electron chi connectivity index (χ4n) is 2.83. The fourth-order valence-corrected chi connectivity index (χ4v) is 2.83. The van der Waals surface area contributed by atoms with Crippen LogP contribution in [0.2, 0.25) is 0 Å². The van der Waals surface area contributed by atoms with Crippen LogP contribution in [0.1, 0.15) is 21.7 Å². The largest absolute Gasteiger partial charge is 0.364 e. The number of pyridine rings is 2. The third-order valence-corrected chi connectivity index (χ3v) is 4.37. The van der Waals surface area contributed by atoms with E-state index in [0.717, 1.165) is 16.8 Å². The third kappa shape index (κ3) is 5.02. The summed E-state index contributed by atoms with van der Waals surface area (Å²) in [4.78, 5) is 30.1. The summed E-state index contributed by atoms with van der Waals surface area (Å²) in [7, 11) is 0. The van der Waals surface area contributed by atoms with Crippen LogP contribution in [0, 0.1) is 0 Å². The highest BCUT2D eigenvalue weighted by atomic mass is 16.1. The molecule has 1 amide bonds. The molecular formula is C23H20N6O. The highest BCUT2D eigenvalue weighted by Crippen LogP contribution is 2.18. The maximum Gasteiger partial charge on any atom is 0.270 e. The van der Waals surface area contributed by atoms with Crippen molar-refractivity contribution in [2.45, 2.75) is 13.1 Å². The molecule has 0 aliphatic carbocycles. The zero-order valence-corrected chi connectivity index (χ0v) is 16.2. The van der Waals surface area contributed by atoms with Crippen LogP contribution in [0.25, 0.3) is 11.4 Å². The number of nitrogens with one attached hydrogen (secondary N) is 2. The van der Waals surface area contributed by atoms with Crippen LogP contribution in [0.5, 0.6) is 0 Å². The maximum absolute atomic E-state index is 12.8. The van der Waals surface area contributed by atoms with Gasteiger partial charge in [-0.05, 0) is 29.8 Å². The van der Waals surface area contributed by atoms with E-state index in [1.807, 2.05) is 60.7 Å². The molecular weight excluding hydrogens is 376 g/mol. The SMILES string of the molecule is O=C(NCc1ccncc1)c1cc(NCc2ccccn2)nc(-c2ccccc2)n1. The van der Waals surface area contributed by atoms with E-state index in [1.54, 1.807) is 24.7 Å². The Kier molecular flexibility index (Phi) is 6.00. The van der Waals surface area contributed by atoms with E-state index in [0.29, 0.717) is 30.4 Å². The quantitative estimate of drug-likeness (QED) is 0.497. The predicted molar refractivity (Wildman–Crippen MR) is 114 cm³/mol. The zero-order chi connectivity index (χ0) is 20.6. The van der Waals surface area contributed by atoms with Crippen LogP contribution in [-0.4, -0.2) is 25.8 Å². The summed E-state index contributed by atoms with van der Waals surface area (Å²) < 4.78 is 0. The Morgan fingerprint density at radius 2 is 1.63 bits per heavy atom. The van der Waals surface area contributed by atoms with E-state index in [2.05, 4.69) is 30.6 Å². The zero-order valence-electron chi connectivity index (χ0n) is 16.2. The monoisotopic (exact) mass is 396 g/mol. The van der Waals surface area contributed by atoms with Crippen molar-refractivity contribution in [2.24, 2.45) is 0 Å². The standard InChI is InChI=1S/C23H20N6O/c30-23(27-15-17-9-12-24-13-10-17)20-14-21(26-16-19-8-4-5-11-25-19)29-22(28-20)18-6-2-1-3-7-18/h1-14H,15-16H2,(H,27,30)(H,26,28,29). The molecule has 2 N–H and O–H groups in total. The molecule has 7 heteroatoms. The van der Waals surface area contributed by atoms with Crippen molar-refractivity contribution in [2.75, 3.05) is 5.32 Å². The summed E-state index contributed by atoms with van der Waals surface area (Å²) in [6, 6.07) is 20.7. The average molecular weight is 396 g/mol. The summed E-state index contributed by atoms with van der Waals surface area (Å²) in [6.45, 7) is 0.882. The Morgan fingerprint density at radius 3 is 2.40 bits per heavy atom. The van der Waals surface area contributed by atoms with E-state index in [-0.39, 0.29) is 5.91 Å². The number of aromatic nitrogens is 4. The van der Waals surface area contributed by atoms with Crippen molar-refractivity contribution in [3.8, 4) is 11.4 Å². The number of carbonyl (C=O) groups excluding carboxylic acids is 1. The highest BCUT2D eigenvalue weighted by Gasteiger charge is 2.13. The Hall–Kier alpha value is -4.13. The molecule has 148 valence electrons. The van der Waals surface area contributed by atoms with Gasteiger partial charge in [0.2, 0.25) is 0 Å². The minimum absolute atomic E-state index is 0.271. The van der Waals surface area contributed by atoms with E-state index in [4.69, 9.17) is 0 Å². The van der Waals surface area contributed by atoms with Gasteiger partial charge in [0.25, 0.3) is 5.91 Å². The smallest absolute Gasteiger partial charge is 0.270 e. The van der Waals surface area contributed by atoms with Crippen LogP contribution in [0.4, 0.5) is 5.82 Å². The molecule has 0 spiro atoms. The number of rotatable bonds is 7. The Bertz CT molecular complexity index is 1100. The first-order chi connectivity index (χ1) is 14.8. The van der Waals surface area contributed by atoms with Crippen molar-refractivity contribution in [1.82, 2.24) is 25.3 Å². The molecule has 7 nitrogen and oxygen atoms in total. The first-order valence-corrected chi connectivity index (χ1v) is 9.53. The highest BCUT2D eigenvalue weighted by molar-refractivity contribution is 5.93. The summed E-state index contributed by atoms with van der Waals surface area (Å²) in [6.07, 6.45) is 5.13. The Morgan fingerprint density at radius 1 is 0.833 bits per heavy atom. The lowest BCUT2D eigenvalue weighted by Gasteiger charge is -2.11. The average Bonchev–Trinajstić information content (AvgIpc) is 2.83. The summed E-state index contributed by atoms with van der Waals surface area (Å²) >= 11 is 0. The van der Waals surface area contributed by atoms with Gasteiger partial charge in [-0.1, -0.05) is 36.4 Å². The normalized spacial score (nSPS) is 10.4. The molecule has 0 radical (unpaired) electrons. The number of hydrogen-bond donors (Lipinski definition) is 2. The van der Waals surface area contributed by atoms with Crippen molar-refractivity contribution in [1.29, 1.82) is 0 Å². The summed E-state index contributed by atoms with van der Waals surface area (Å²) in [5, 5.41) is 6.14. The molecule has 30 heavy (non-hydrogen) atoms. The predicted octanol–water partition coefficient (Wildman–Crippen LogP) is 3.48. The molecule has 0 bridgehead atoms. The van der Waals surface area contributed by atoms with Gasteiger partial charge in [-0.25, -0.2) is 9.97 Å². The molecule has 0 aliphatic rings. The molecule has 0 unspecified atom stereocenters. The molecule has 3 aromatic heterocycles. The van der Waals surface area contributed by atoms with E-state index in [1.165, 1.54) is 0 Å². The molecule has 1 aromatic carbocycles. The van der Waals surface area contributed by atoms with Crippen molar-refractivity contribution in [3.63, 3.8) is 0 Å². The first-order valence-electron chi connectivity index (χ1n) is 9.53. The van der Waals surface area contributed by atoms with Gasteiger partial charge < -0.3 is 10.6 Å². The number of hydrogen-bond acceptors (Lipinski definition) is 6. The minimum atomic E-state index is -0.271. The number of nitrogens with zero attached hydrogens (tertiary/aromatic N) is 4. The second-order valence-corrected chi connectivity index (χ2v) is 6.54. The van der Waals surface area contributed by atoms with Gasteiger partial charge >= 0.3 is 0 Å². The van der Waals surface area contributed by atoms with Gasteiger partial charge in [0.15, 0.2) is 5.82 Å². The van der Waals surface area contributed by atoms with Crippen LogP contribution in [-0.2, 0) is 13.1 Å². The van der Waals surface area contributed by atoms with Gasteiger partial charge in [0, 0.05) is 36.8 Å². The molecule has 0 saturated carbocycles. The molecule has 0 atom stereocenters. The van der Waals surface area contributed by atoms with Gasteiger partial charge in [-0.2, -0.15) is 0 Å². The lowest BCUT2D eigenvalue weighted by atomic mass is 10.2. The molecule has 0 saturated heterocycles. The molecule has 3 heterocycles. The molecule has 4 aromatic rings. The molecule has 0 aliphatic heterocycles.